The molecule has 3 rings (SSSR count). The van der Waals surface area contributed by atoms with Crippen molar-refractivity contribution in [2.45, 2.75) is 25.1 Å². The first-order valence-electron chi connectivity index (χ1n) is 7.97. The number of hydrogen-bond acceptors (Lipinski definition) is 3. The minimum Gasteiger partial charge on any atom is -0.457 e. The van der Waals surface area contributed by atoms with Gasteiger partial charge in [-0.3, -0.25) is 0 Å². The lowest BCUT2D eigenvalue weighted by molar-refractivity contribution is -0.0127. The number of hydrogen-bond donors (Lipinski definition) is 0. The third-order valence-electron chi connectivity index (χ3n) is 4.28. The molecule has 0 unspecified atom stereocenters. The van der Waals surface area contributed by atoms with Gasteiger partial charge in [0.25, 0.3) is 0 Å². The fourth-order valence-electron chi connectivity index (χ4n) is 2.88. The number of benzene rings is 2. The Morgan fingerprint density at radius 3 is 2.52 bits per heavy atom. The smallest absolute Gasteiger partial charge is 0.341 e. The second kappa shape index (κ2) is 7.62. The van der Waals surface area contributed by atoms with Crippen LogP contribution in [0.25, 0.3) is 0 Å². The first kappa shape index (κ1) is 18.0. The van der Waals surface area contributed by atoms with Crippen LogP contribution in [0.1, 0.15) is 34.3 Å². The number of alkyl halides is 1. The second-order valence-electron chi connectivity index (χ2n) is 5.92. The Labute approximate surface area is 153 Å². The molecule has 0 bridgehead atoms. The van der Waals surface area contributed by atoms with E-state index in [1.807, 2.05) is 18.2 Å². The number of carbonyl (C=O) groups excluding carboxylic acids is 1. The highest BCUT2D eigenvalue weighted by Gasteiger charge is 2.39. The van der Waals surface area contributed by atoms with Crippen LogP contribution in [0.4, 0.5) is 8.78 Å². The van der Waals surface area contributed by atoms with Crippen LogP contribution in [-0.2, 0) is 21.7 Å². The van der Waals surface area contributed by atoms with Gasteiger partial charge >= 0.3 is 5.97 Å². The molecule has 6 heteroatoms. The quantitative estimate of drug-likeness (QED) is 0.670. The molecule has 0 atom stereocenters. The summed E-state index contributed by atoms with van der Waals surface area (Å²) in [5.74, 6) is -1.68. The minimum absolute atomic E-state index is 0.00648. The third-order valence-corrected chi connectivity index (χ3v) is 4.89. The molecule has 0 aliphatic carbocycles. The SMILES string of the molecule is O=C(OCc1ccccc1)c1c(C2(F)CCOCC2)ccc(Br)c1F. The fourth-order valence-corrected chi connectivity index (χ4v) is 3.21. The average Bonchev–Trinajstić information content (AvgIpc) is 2.63. The number of carbonyl (C=O) groups is 1. The molecule has 0 aromatic heterocycles. The maximum atomic E-state index is 15.3. The summed E-state index contributed by atoms with van der Waals surface area (Å²) in [7, 11) is 0. The largest absolute Gasteiger partial charge is 0.457 e. The Bertz CT molecular complexity index is 759. The van der Waals surface area contributed by atoms with E-state index < -0.39 is 17.5 Å². The monoisotopic (exact) mass is 410 g/mol. The van der Waals surface area contributed by atoms with Crippen LogP contribution >= 0.6 is 15.9 Å². The number of rotatable bonds is 4. The van der Waals surface area contributed by atoms with Gasteiger partial charge in [0.1, 0.15) is 17.8 Å². The van der Waals surface area contributed by atoms with Crippen molar-refractivity contribution in [1.29, 1.82) is 0 Å². The summed E-state index contributed by atoms with van der Waals surface area (Å²) in [4.78, 5) is 12.5. The van der Waals surface area contributed by atoms with Gasteiger partial charge in [0, 0.05) is 31.6 Å². The molecule has 132 valence electrons. The summed E-state index contributed by atoms with van der Waals surface area (Å²) >= 11 is 3.06. The Kier molecular flexibility index (Phi) is 5.49. The minimum atomic E-state index is -1.80. The van der Waals surface area contributed by atoms with Gasteiger partial charge in [-0.15, -0.1) is 0 Å². The van der Waals surface area contributed by atoms with Crippen molar-refractivity contribution in [3.05, 3.63) is 69.4 Å². The molecule has 3 nitrogen and oxygen atoms in total. The van der Waals surface area contributed by atoms with Gasteiger partial charge in [0.2, 0.25) is 0 Å². The molecular formula is C19H17BrF2O3. The third kappa shape index (κ3) is 3.90. The zero-order chi connectivity index (χ0) is 17.9. The molecule has 2 aromatic carbocycles. The molecule has 0 spiro atoms. The van der Waals surface area contributed by atoms with E-state index >= 15 is 4.39 Å². The molecule has 0 saturated carbocycles. The highest BCUT2D eigenvalue weighted by Crippen LogP contribution is 2.40. The van der Waals surface area contributed by atoms with Gasteiger partial charge in [-0.1, -0.05) is 36.4 Å². The van der Waals surface area contributed by atoms with Crippen LogP contribution in [0, 0.1) is 5.82 Å². The fraction of sp³-hybridized carbons (Fsp3) is 0.316. The lowest BCUT2D eigenvalue weighted by atomic mass is 9.85. The van der Waals surface area contributed by atoms with Crippen LogP contribution in [0.2, 0.25) is 0 Å². The van der Waals surface area contributed by atoms with Crippen molar-refractivity contribution >= 4 is 21.9 Å². The molecule has 0 N–H and O–H groups in total. The summed E-state index contributed by atoms with van der Waals surface area (Å²) in [6.07, 6.45) is 0.153. The first-order chi connectivity index (χ1) is 12.0. The van der Waals surface area contributed by atoms with E-state index in [9.17, 15) is 9.18 Å². The average molecular weight is 411 g/mol. The van der Waals surface area contributed by atoms with Crippen molar-refractivity contribution in [2.24, 2.45) is 0 Å². The molecule has 25 heavy (non-hydrogen) atoms. The van der Waals surface area contributed by atoms with E-state index in [-0.39, 0.29) is 48.3 Å². The Morgan fingerprint density at radius 2 is 1.84 bits per heavy atom. The standard InChI is InChI=1S/C19H17BrF2O3/c20-15-7-6-14(19(22)8-10-24-11-9-19)16(17(15)21)18(23)25-12-13-4-2-1-3-5-13/h1-7H,8-12H2. The molecule has 1 heterocycles. The van der Waals surface area contributed by atoms with Gasteiger partial charge in [-0.05, 0) is 27.6 Å². The van der Waals surface area contributed by atoms with Crippen LogP contribution in [0.5, 0.6) is 0 Å². The van der Waals surface area contributed by atoms with Crippen molar-refractivity contribution in [2.75, 3.05) is 13.2 Å². The summed E-state index contributed by atoms with van der Waals surface area (Å²) in [6, 6.07) is 11.9. The first-order valence-corrected chi connectivity index (χ1v) is 8.77. The van der Waals surface area contributed by atoms with E-state index in [1.54, 1.807) is 12.1 Å². The second-order valence-corrected chi connectivity index (χ2v) is 6.78. The Morgan fingerprint density at radius 1 is 1.16 bits per heavy atom. The highest BCUT2D eigenvalue weighted by molar-refractivity contribution is 9.10. The zero-order valence-corrected chi connectivity index (χ0v) is 15.0. The lowest BCUT2D eigenvalue weighted by Crippen LogP contribution is -2.32. The van der Waals surface area contributed by atoms with Crippen molar-refractivity contribution in [3.63, 3.8) is 0 Å². The van der Waals surface area contributed by atoms with Crippen LogP contribution < -0.4 is 0 Å². The molecule has 1 fully saturated rings. The van der Waals surface area contributed by atoms with E-state index in [0.717, 1.165) is 5.56 Å². The lowest BCUT2D eigenvalue weighted by Gasteiger charge is -2.31. The highest BCUT2D eigenvalue weighted by atomic mass is 79.9. The predicted molar refractivity (Wildman–Crippen MR) is 92.5 cm³/mol. The normalized spacial score (nSPS) is 16.4. The molecule has 1 aliphatic heterocycles. The Balaban J connectivity index is 1.90. The van der Waals surface area contributed by atoms with Crippen molar-refractivity contribution in [3.8, 4) is 0 Å². The molecule has 0 radical (unpaired) electrons. The van der Waals surface area contributed by atoms with E-state index in [2.05, 4.69) is 15.9 Å². The van der Waals surface area contributed by atoms with Crippen molar-refractivity contribution < 1.29 is 23.0 Å². The van der Waals surface area contributed by atoms with Gasteiger partial charge in [0.05, 0.1) is 4.47 Å². The molecule has 0 amide bonds. The van der Waals surface area contributed by atoms with Crippen LogP contribution in [-0.4, -0.2) is 19.2 Å². The predicted octanol–water partition coefficient (Wildman–Crippen LogP) is 4.92. The summed E-state index contributed by atoms with van der Waals surface area (Å²) < 4.78 is 40.5. The van der Waals surface area contributed by atoms with Crippen LogP contribution in [0.3, 0.4) is 0 Å². The number of esters is 1. The molecular weight excluding hydrogens is 394 g/mol. The molecule has 1 aliphatic rings. The van der Waals surface area contributed by atoms with Gasteiger partial charge < -0.3 is 9.47 Å². The topological polar surface area (TPSA) is 35.5 Å². The Hall–Kier alpha value is -1.79. The maximum absolute atomic E-state index is 15.3. The number of ether oxygens (including phenoxy) is 2. The van der Waals surface area contributed by atoms with E-state index in [4.69, 9.17) is 9.47 Å². The summed E-state index contributed by atoms with van der Waals surface area (Å²) in [6.45, 7) is 0.451. The molecule has 1 saturated heterocycles. The van der Waals surface area contributed by atoms with Crippen LogP contribution in [0.15, 0.2) is 46.9 Å². The van der Waals surface area contributed by atoms with Gasteiger partial charge in [-0.2, -0.15) is 0 Å². The van der Waals surface area contributed by atoms with Crippen molar-refractivity contribution in [1.82, 2.24) is 0 Å². The number of halogens is 3. The van der Waals surface area contributed by atoms with E-state index in [1.165, 1.54) is 12.1 Å². The van der Waals surface area contributed by atoms with Gasteiger partial charge in [0.15, 0.2) is 5.82 Å². The summed E-state index contributed by atoms with van der Waals surface area (Å²) in [5, 5.41) is 0. The maximum Gasteiger partial charge on any atom is 0.341 e. The zero-order valence-electron chi connectivity index (χ0n) is 13.4. The van der Waals surface area contributed by atoms with Gasteiger partial charge in [-0.25, -0.2) is 13.6 Å². The van der Waals surface area contributed by atoms with E-state index in [0.29, 0.717) is 0 Å². The summed E-state index contributed by atoms with van der Waals surface area (Å²) in [5.41, 5.74) is -1.36. The molecule has 2 aromatic rings.